The van der Waals surface area contributed by atoms with Crippen molar-refractivity contribution in [2.75, 3.05) is 12.0 Å². The monoisotopic (exact) mass is 417 g/mol. The van der Waals surface area contributed by atoms with Crippen LogP contribution in [0.5, 0.6) is 5.75 Å². The van der Waals surface area contributed by atoms with Crippen molar-refractivity contribution in [3.63, 3.8) is 0 Å². The lowest BCUT2D eigenvalue weighted by molar-refractivity contribution is -0.123. The summed E-state index contributed by atoms with van der Waals surface area (Å²) >= 11 is 5.92. The quantitative estimate of drug-likeness (QED) is 0.759. The summed E-state index contributed by atoms with van der Waals surface area (Å²) in [6.45, 7) is 5.12. The van der Waals surface area contributed by atoms with Gasteiger partial charge in [0.2, 0.25) is 0 Å². The van der Waals surface area contributed by atoms with Gasteiger partial charge in [-0.05, 0) is 24.3 Å². The van der Waals surface area contributed by atoms with Gasteiger partial charge in [0.05, 0.1) is 23.7 Å². The molecule has 1 aliphatic rings. The fraction of sp³-hybridized carbons (Fsp3) is 0.273. The van der Waals surface area contributed by atoms with E-state index in [2.05, 4.69) is 0 Å². The van der Waals surface area contributed by atoms with Gasteiger partial charge >= 0.3 is 0 Å². The van der Waals surface area contributed by atoms with E-state index < -0.39 is 28.9 Å². The van der Waals surface area contributed by atoms with E-state index in [9.17, 15) is 19.1 Å². The van der Waals surface area contributed by atoms with Crippen LogP contribution in [0, 0.1) is 11.2 Å². The summed E-state index contributed by atoms with van der Waals surface area (Å²) in [6.07, 6.45) is 0. The van der Waals surface area contributed by atoms with Gasteiger partial charge in [-0.3, -0.25) is 14.5 Å². The fourth-order valence-corrected chi connectivity index (χ4v) is 3.50. The third-order valence-electron chi connectivity index (χ3n) is 4.75. The lowest BCUT2D eigenvalue weighted by atomic mass is 9.82. The Bertz CT molecular complexity index is 1030. The third kappa shape index (κ3) is 3.60. The number of nitrogens with zero attached hydrogens (tertiary/aromatic N) is 1. The Morgan fingerprint density at radius 3 is 2.45 bits per heavy atom. The van der Waals surface area contributed by atoms with Gasteiger partial charge in [-0.15, -0.1) is 0 Å². The van der Waals surface area contributed by atoms with E-state index in [1.54, 1.807) is 45.0 Å². The molecule has 0 spiro atoms. The number of ketones is 1. The number of benzene rings is 2. The maximum absolute atomic E-state index is 13.7. The van der Waals surface area contributed by atoms with Gasteiger partial charge < -0.3 is 9.84 Å². The van der Waals surface area contributed by atoms with Crippen LogP contribution in [0.4, 0.5) is 10.1 Å². The van der Waals surface area contributed by atoms with Gasteiger partial charge in [0, 0.05) is 16.7 Å². The molecule has 3 rings (SSSR count). The number of carbonyl (C=O) groups excluding carboxylic acids is 2. The van der Waals surface area contributed by atoms with Crippen LogP contribution in [-0.2, 0) is 9.59 Å². The molecule has 2 aromatic carbocycles. The molecule has 1 unspecified atom stereocenters. The van der Waals surface area contributed by atoms with Gasteiger partial charge in [-0.25, -0.2) is 4.39 Å². The van der Waals surface area contributed by atoms with Crippen LogP contribution in [-0.4, -0.2) is 23.9 Å². The first-order valence-corrected chi connectivity index (χ1v) is 9.35. The van der Waals surface area contributed by atoms with Crippen LogP contribution in [0.15, 0.2) is 53.8 Å². The highest BCUT2D eigenvalue weighted by Gasteiger charge is 2.47. The smallest absolute Gasteiger partial charge is 0.294 e. The van der Waals surface area contributed by atoms with Gasteiger partial charge in [-0.2, -0.15) is 0 Å². The molecule has 1 heterocycles. The number of amides is 1. The zero-order valence-electron chi connectivity index (χ0n) is 16.5. The molecule has 152 valence electrons. The highest BCUT2D eigenvalue weighted by Crippen LogP contribution is 2.46. The summed E-state index contributed by atoms with van der Waals surface area (Å²) in [5.74, 6) is -1.98. The maximum Gasteiger partial charge on any atom is 0.294 e. The Hall–Kier alpha value is -2.86. The molecule has 7 heteroatoms. The number of ether oxygens (including phenoxy) is 1. The highest BCUT2D eigenvalue weighted by molar-refractivity contribution is 6.31. The predicted octanol–water partition coefficient (Wildman–Crippen LogP) is 5.00. The van der Waals surface area contributed by atoms with E-state index in [0.29, 0.717) is 11.3 Å². The Balaban J connectivity index is 2.27. The van der Waals surface area contributed by atoms with Crippen LogP contribution < -0.4 is 9.64 Å². The molecule has 1 aliphatic heterocycles. The Morgan fingerprint density at radius 2 is 1.86 bits per heavy atom. The largest absolute Gasteiger partial charge is 0.503 e. The highest BCUT2D eigenvalue weighted by atomic mass is 35.5. The van der Waals surface area contributed by atoms with Gasteiger partial charge in [0.1, 0.15) is 11.6 Å². The molecule has 0 bridgehead atoms. The molecule has 0 fully saturated rings. The van der Waals surface area contributed by atoms with Gasteiger partial charge in [-0.1, -0.05) is 50.6 Å². The fourth-order valence-electron chi connectivity index (χ4n) is 3.33. The Morgan fingerprint density at radius 1 is 1.21 bits per heavy atom. The number of Topliss-reactive ketones (excluding diaryl/α,β-unsaturated/α-hetero) is 1. The molecule has 0 aliphatic carbocycles. The summed E-state index contributed by atoms with van der Waals surface area (Å²) in [6, 6.07) is 9.75. The summed E-state index contributed by atoms with van der Waals surface area (Å²) in [7, 11) is 1.48. The zero-order valence-corrected chi connectivity index (χ0v) is 17.2. The number of halogens is 2. The summed E-state index contributed by atoms with van der Waals surface area (Å²) in [5, 5.41) is 10.5. The number of methoxy groups -OCH3 is 1. The third-order valence-corrected chi connectivity index (χ3v) is 5.04. The number of aliphatic hydroxyl groups is 1. The van der Waals surface area contributed by atoms with E-state index in [-0.39, 0.29) is 22.1 Å². The molecule has 1 amide bonds. The lowest BCUT2D eigenvalue weighted by Gasteiger charge is -2.30. The average molecular weight is 418 g/mol. The Labute approximate surface area is 173 Å². The maximum atomic E-state index is 13.7. The number of para-hydroxylation sites is 1. The van der Waals surface area contributed by atoms with E-state index in [1.165, 1.54) is 24.1 Å². The van der Waals surface area contributed by atoms with Crippen LogP contribution in [0.2, 0.25) is 5.02 Å². The number of hydrogen-bond acceptors (Lipinski definition) is 4. The van der Waals surface area contributed by atoms with Crippen molar-refractivity contribution in [3.05, 3.63) is 70.2 Å². The number of anilines is 1. The second-order valence-electron chi connectivity index (χ2n) is 7.76. The van der Waals surface area contributed by atoms with Crippen molar-refractivity contribution in [2.45, 2.75) is 26.8 Å². The van der Waals surface area contributed by atoms with Crippen molar-refractivity contribution in [3.8, 4) is 5.75 Å². The minimum absolute atomic E-state index is 0.0348. The molecule has 1 N–H and O–H groups in total. The number of carbonyl (C=O) groups is 2. The van der Waals surface area contributed by atoms with Crippen molar-refractivity contribution >= 4 is 29.0 Å². The van der Waals surface area contributed by atoms with Crippen molar-refractivity contribution in [1.29, 1.82) is 0 Å². The molecular weight excluding hydrogens is 397 g/mol. The van der Waals surface area contributed by atoms with Crippen LogP contribution in [0.1, 0.15) is 32.4 Å². The first-order valence-electron chi connectivity index (χ1n) is 8.97. The second kappa shape index (κ2) is 7.52. The molecular formula is C22H21ClFNO4. The number of hydrogen-bond donors (Lipinski definition) is 1. The summed E-state index contributed by atoms with van der Waals surface area (Å²) < 4.78 is 19.1. The van der Waals surface area contributed by atoms with Gasteiger partial charge in [0.25, 0.3) is 5.91 Å². The number of rotatable bonds is 4. The molecule has 29 heavy (non-hydrogen) atoms. The average Bonchev–Trinajstić information content (AvgIpc) is 2.93. The molecule has 0 saturated carbocycles. The normalized spacial score (nSPS) is 17.1. The van der Waals surface area contributed by atoms with Crippen molar-refractivity contribution in [1.82, 2.24) is 0 Å². The molecule has 1 atom stereocenters. The van der Waals surface area contributed by atoms with Gasteiger partial charge in [0.15, 0.2) is 11.5 Å². The standard InChI is InChI=1S/C22H21ClFNO4/c1-22(2,3)20(27)17-18(13-7-5-6-8-16(13)29-4)25(21(28)19(17)26)12-9-10-15(24)14(23)11-12/h5-11,18,26H,1-4H3. The lowest BCUT2D eigenvalue weighted by Crippen LogP contribution is -2.33. The summed E-state index contributed by atoms with van der Waals surface area (Å²) in [5.41, 5.74) is -0.117. The van der Waals surface area contributed by atoms with Crippen molar-refractivity contribution < 1.29 is 23.8 Å². The molecule has 0 aromatic heterocycles. The molecule has 0 radical (unpaired) electrons. The molecule has 5 nitrogen and oxygen atoms in total. The van der Waals surface area contributed by atoms with Crippen molar-refractivity contribution in [2.24, 2.45) is 5.41 Å². The second-order valence-corrected chi connectivity index (χ2v) is 8.17. The molecule has 0 saturated heterocycles. The SMILES string of the molecule is COc1ccccc1C1C(C(=O)C(C)(C)C)=C(O)C(=O)N1c1ccc(F)c(Cl)c1. The van der Waals surface area contributed by atoms with E-state index in [0.717, 1.165) is 6.07 Å². The number of aliphatic hydroxyl groups excluding tert-OH is 1. The predicted molar refractivity (Wildman–Crippen MR) is 109 cm³/mol. The van der Waals surface area contributed by atoms with Crippen LogP contribution >= 0.6 is 11.6 Å². The van der Waals surface area contributed by atoms with E-state index in [4.69, 9.17) is 16.3 Å². The van der Waals surface area contributed by atoms with E-state index in [1.807, 2.05) is 0 Å². The molecule has 2 aromatic rings. The van der Waals surface area contributed by atoms with Crippen LogP contribution in [0.3, 0.4) is 0 Å². The summed E-state index contributed by atoms with van der Waals surface area (Å²) in [4.78, 5) is 27.4. The van der Waals surface area contributed by atoms with E-state index >= 15 is 0 Å². The first-order chi connectivity index (χ1) is 13.6. The minimum Gasteiger partial charge on any atom is -0.503 e. The Kier molecular flexibility index (Phi) is 5.41. The minimum atomic E-state index is -0.952. The van der Waals surface area contributed by atoms with Crippen LogP contribution in [0.25, 0.3) is 0 Å². The topological polar surface area (TPSA) is 66.8 Å². The first kappa shape index (κ1) is 20.9. The zero-order chi connectivity index (χ0) is 21.5.